The molecule has 0 aliphatic carbocycles. The number of aromatic nitrogens is 4. The molecule has 0 bridgehead atoms. The standard InChI is InChI=1S/C9H17ClN4/c1-4-8(5-2)7(3)14-9(6-10)11-12-13-14/h7-8H,4-6H2,1-3H3. The first kappa shape index (κ1) is 11.4. The summed E-state index contributed by atoms with van der Waals surface area (Å²) in [6.45, 7) is 6.52. The monoisotopic (exact) mass is 216 g/mol. The zero-order chi connectivity index (χ0) is 10.6. The van der Waals surface area contributed by atoms with Gasteiger partial charge in [0, 0.05) is 0 Å². The molecule has 1 rings (SSSR count). The molecule has 0 radical (unpaired) electrons. The number of hydrogen-bond acceptors (Lipinski definition) is 3. The van der Waals surface area contributed by atoms with E-state index in [1.807, 2.05) is 4.68 Å². The molecule has 0 spiro atoms. The summed E-state index contributed by atoms with van der Waals surface area (Å²) in [4.78, 5) is 0. The van der Waals surface area contributed by atoms with Crippen LogP contribution in [0.2, 0.25) is 0 Å². The molecule has 0 saturated heterocycles. The average Bonchev–Trinajstić information content (AvgIpc) is 2.67. The van der Waals surface area contributed by atoms with Gasteiger partial charge in [0.05, 0.1) is 11.9 Å². The highest BCUT2D eigenvalue weighted by atomic mass is 35.5. The van der Waals surface area contributed by atoms with Crippen LogP contribution in [0, 0.1) is 5.92 Å². The molecule has 1 unspecified atom stereocenters. The Kier molecular flexibility index (Phi) is 4.32. The molecule has 14 heavy (non-hydrogen) atoms. The van der Waals surface area contributed by atoms with Crippen LogP contribution in [0.3, 0.4) is 0 Å². The fourth-order valence-electron chi connectivity index (χ4n) is 1.79. The number of alkyl halides is 1. The highest BCUT2D eigenvalue weighted by Crippen LogP contribution is 2.23. The van der Waals surface area contributed by atoms with E-state index < -0.39 is 0 Å². The van der Waals surface area contributed by atoms with Crippen molar-refractivity contribution < 1.29 is 0 Å². The quantitative estimate of drug-likeness (QED) is 0.710. The van der Waals surface area contributed by atoms with Crippen LogP contribution in [-0.4, -0.2) is 20.2 Å². The third kappa shape index (κ3) is 2.23. The average molecular weight is 217 g/mol. The first-order chi connectivity index (χ1) is 6.74. The van der Waals surface area contributed by atoms with E-state index in [-0.39, 0.29) is 0 Å². The van der Waals surface area contributed by atoms with E-state index in [9.17, 15) is 0 Å². The first-order valence-electron chi connectivity index (χ1n) is 5.07. The summed E-state index contributed by atoms with van der Waals surface area (Å²) in [7, 11) is 0. The minimum atomic E-state index is 0.328. The van der Waals surface area contributed by atoms with E-state index in [2.05, 4.69) is 36.3 Å². The lowest BCUT2D eigenvalue weighted by atomic mass is 9.96. The predicted octanol–water partition coefficient (Wildman–Crippen LogP) is 2.41. The lowest BCUT2D eigenvalue weighted by Crippen LogP contribution is -2.18. The second kappa shape index (κ2) is 5.29. The minimum Gasteiger partial charge on any atom is -0.225 e. The van der Waals surface area contributed by atoms with E-state index >= 15 is 0 Å². The lowest BCUT2D eigenvalue weighted by molar-refractivity contribution is 0.301. The molecule has 0 fully saturated rings. The van der Waals surface area contributed by atoms with Gasteiger partial charge in [-0.1, -0.05) is 26.7 Å². The van der Waals surface area contributed by atoms with Crippen LogP contribution in [0.5, 0.6) is 0 Å². The molecule has 0 aliphatic heterocycles. The van der Waals surface area contributed by atoms with E-state index in [0.29, 0.717) is 17.8 Å². The van der Waals surface area contributed by atoms with E-state index in [1.54, 1.807) is 0 Å². The van der Waals surface area contributed by atoms with Crippen LogP contribution in [0.25, 0.3) is 0 Å². The fourth-order valence-corrected chi connectivity index (χ4v) is 1.96. The minimum absolute atomic E-state index is 0.328. The number of hydrogen-bond donors (Lipinski definition) is 0. The van der Waals surface area contributed by atoms with Gasteiger partial charge in [-0.15, -0.1) is 16.7 Å². The molecular weight excluding hydrogens is 200 g/mol. The maximum absolute atomic E-state index is 5.75. The van der Waals surface area contributed by atoms with Crippen LogP contribution < -0.4 is 0 Å². The highest BCUT2D eigenvalue weighted by Gasteiger charge is 2.19. The molecule has 0 aromatic carbocycles. The number of nitrogens with zero attached hydrogens (tertiary/aromatic N) is 4. The van der Waals surface area contributed by atoms with Gasteiger partial charge < -0.3 is 0 Å². The van der Waals surface area contributed by atoms with Crippen molar-refractivity contribution in [2.24, 2.45) is 5.92 Å². The fraction of sp³-hybridized carbons (Fsp3) is 0.889. The Balaban J connectivity index is 2.81. The van der Waals surface area contributed by atoms with Crippen molar-refractivity contribution in [1.82, 2.24) is 20.2 Å². The Labute approximate surface area is 89.6 Å². The van der Waals surface area contributed by atoms with Crippen LogP contribution in [0.4, 0.5) is 0 Å². The number of rotatable bonds is 5. The van der Waals surface area contributed by atoms with Gasteiger partial charge in [0.1, 0.15) is 0 Å². The van der Waals surface area contributed by atoms with Crippen molar-refractivity contribution >= 4 is 11.6 Å². The summed E-state index contributed by atoms with van der Waals surface area (Å²) in [6.07, 6.45) is 2.28. The normalized spacial score (nSPS) is 13.5. The number of tetrazole rings is 1. The molecule has 0 saturated carbocycles. The highest BCUT2D eigenvalue weighted by molar-refractivity contribution is 6.16. The molecule has 1 heterocycles. The van der Waals surface area contributed by atoms with Crippen molar-refractivity contribution in [3.05, 3.63) is 5.82 Å². The molecule has 4 nitrogen and oxygen atoms in total. The molecule has 80 valence electrons. The second-order valence-corrected chi connectivity index (χ2v) is 3.76. The second-order valence-electron chi connectivity index (χ2n) is 3.49. The molecule has 0 amide bonds. The Morgan fingerprint density at radius 2 is 2.00 bits per heavy atom. The van der Waals surface area contributed by atoms with Gasteiger partial charge in [0.15, 0.2) is 5.82 Å². The summed E-state index contributed by atoms with van der Waals surface area (Å²) in [6, 6.07) is 0.328. The predicted molar refractivity (Wildman–Crippen MR) is 56.2 cm³/mol. The van der Waals surface area contributed by atoms with Crippen molar-refractivity contribution in [2.75, 3.05) is 0 Å². The van der Waals surface area contributed by atoms with Gasteiger partial charge in [0.2, 0.25) is 0 Å². The van der Waals surface area contributed by atoms with Gasteiger partial charge in [0.25, 0.3) is 0 Å². The Morgan fingerprint density at radius 3 is 2.50 bits per heavy atom. The summed E-state index contributed by atoms with van der Waals surface area (Å²) in [5.74, 6) is 1.74. The third-order valence-corrected chi connectivity index (χ3v) is 3.04. The molecular formula is C9H17ClN4. The summed E-state index contributed by atoms with van der Waals surface area (Å²) < 4.78 is 1.84. The maximum atomic E-state index is 5.75. The molecule has 5 heteroatoms. The maximum Gasteiger partial charge on any atom is 0.166 e. The van der Waals surface area contributed by atoms with Crippen LogP contribution >= 0.6 is 11.6 Å². The van der Waals surface area contributed by atoms with Crippen LogP contribution in [0.1, 0.15) is 45.5 Å². The lowest BCUT2D eigenvalue weighted by Gasteiger charge is -2.21. The zero-order valence-corrected chi connectivity index (χ0v) is 9.70. The number of halogens is 1. The Morgan fingerprint density at radius 1 is 1.36 bits per heavy atom. The Bertz CT molecular complexity index is 270. The van der Waals surface area contributed by atoms with Gasteiger partial charge in [-0.05, 0) is 23.3 Å². The summed E-state index contributed by atoms with van der Waals surface area (Å²) in [5.41, 5.74) is 0. The zero-order valence-electron chi connectivity index (χ0n) is 8.94. The third-order valence-electron chi connectivity index (χ3n) is 2.80. The molecule has 0 aliphatic rings. The molecule has 1 aromatic heterocycles. The van der Waals surface area contributed by atoms with Gasteiger partial charge in [-0.2, -0.15) is 0 Å². The smallest absolute Gasteiger partial charge is 0.166 e. The van der Waals surface area contributed by atoms with E-state index in [0.717, 1.165) is 18.7 Å². The molecule has 1 aromatic rings. The van der Waals surface area contributed by atoms with Crippen molar-refractivity contribution in [3.8, 4) is 0 Å². The molecule has 1 atom stereocenters. The Hall–Kier alpha value is -0.640. The van der Waals surface area contributed by atoms with Gasteiger partial charge in [-0.3, -0.25) is 0 Å². The van der Waals surface area contributed by atoms with Gasteiger partial charge >= 0.3 is 0 Å². The topological polar surface area (TPSA) is 43.6 Å². The summed E-state index contributed by atoms with van der Waals surface area (Å²) >= 11 is 5.75. The molecule has 0 N–H and O–H groups in total. The van der Waals surface area contributed by atoms with Crippen LogP contribution in [-0.2, 0) is 5.88 Å². The van der Waals surface area contributed by atoms with Crippen molar-refractivity contribution in [2.45, 2.75) is 45.5 Å². The SMILES string of the molecule is CCC(CC)C(C)n1nnnc1CCl. The summed E-state index contributed by atoms with van der Waals surface area (Å²) in [5, 5.41) is 11.5. The first-order valence-corrected chi connectivity index (χ1v) is 5.60. The van der Waals surface area contributed by atoms with E-state index in [4.69, 9.17) is 11.6 Å². The van der Waals surface area contributed by atoms with Crippen molar-refractivity contribution in [3.63, 3.8) is 0 Å². The van der Waals surface area contributed by atoms with Crippen LogP contribution in [0.15, 0.2) is 0 Å². The largest absolute Gasteiger partial charge is 0.225 e. The van der Waals surface area contributed by atoms with E-state index in [1.165, 1.54) is 0 Å². The van der Waals surface area contributed by atoms with Gasteiger partial charge in [-0.25, -0.2) is 4.68 Å². The van der Waals surface area contributed by atoms with Crippen molar-refractivity contribution in [1.29, 1.82) is 0 Å².